The summed E-state index contributed by atoms with van der Waals surface area (Å²) in [6.07, 6.45) is -2.66. The predicted octanol–water partition coefficient (Wildman–Crippen LogP) is -0.584. The Kier molecular flexibility index (Phi) is 3.44. The Morgan fingerprint density at radius 2 is 2.20 bits per heavy atom. The second kappa shape index (κ2) is 4.98. The summed E-state index contributed by atoms with van der Waals surface area (Å²) < 4.78 is 8.05. The highest BCUT2D eigenvalue weighted by Gasteiger charge is 2.44. The van der Waals surface area contributed by atoms with Crippen LogP contribution < -0.4 is 5.73 Å². The molecule has 10 heteroatoms. The number of fused-ring (bicyclic) bond motifs is 1. The number of nitrogens with zero attached hydrogens (tertiary/aromatic N) is 3. The summed E-state index contributed by atoms with van der Waals surface area (Å²) in [7, 11) is 0. The maximum absolute atomic E-state index is 10.1. The van der Waals surface area contributed by atoms with Gasteiger partial charge in [0.1, 0.15) is 18.3 Å². The second-order valence-electron chi connectivity index (χ2n) is 4.38. The molecule has 1 aliphatic heterocycles. The number of aliphatic hydroxyl groups excluding tert-OH is 3. The summed E-state index contributed by atoms with van der Waals surface area (Å²) in [4.78, 5) is 7.97. The molecule has 0 aliphatic carbocycles. The molecule has 1 saturated heterocycles. The summed E-state index contributed by atoms with van der Waals surface area (Å²) in [5, 5.41) is 29.0. The van der Waals surface area contributed by atoms with Crippen molar-refractivity contribution in [2.24, 2.45) is 0 Å². The minimum atomic E-state index is -1.21. The van der Waals surface area contributed by atoms with Gasteiger partial charge in [0, 0.05) is 0 Å². The van der Waals surface area contributed by atoms with Crippen molar-refractivity contribution >= 4 is 39.9 Å². The molecule has 3 heterocycles. The van der Waals surface area contributed by atoms with Crippen LogP contribution in [0.25, 0.3) is 10.3 Å². The number of hydrogen-bond donors (Lipinski definition) is 4. The third-order valence-corrected chi connectivity index (χ3v) is 4.47. The van der Waals surface area contributed by atoms with Crippen LogP contribution in [0.5, 0.6) is 0 Å². The number of hydrogen-bond acceptors (Lipinski definition) is 9. The zero-order chi connectivity index (χ0) is 14.4. The number of anilines is 1. The van der Waals surface area contributed by atoms with E-state index >= 15 is 0 Å². The van der Waals surface area contributed by atoms with E-state index in [-0.39, 0.29) is 5.95 Å². The Morgan fingerprint density at radius 3 is 2.85 bits per heavy atom. The lowest BCUT2D eigenvalue weighted by atomic mass is 10.1. The third kappa shape index (κ3) is 2.01. The van der Waals surface area contributed by atoms with Crippen molar-refractivity contribution in [1.82, 2.24) is 14.5 Å². The Labute approximate surface area is 122 Å². The van der Waals surface area contributed by atoms with Gasteiger partial charge in [0.15, 0.2) is 15.8 Å². The first-order chi connectivity index (χ1) is 9.52. The standard InChI is InChI=1S/C10H12N4O4S2/c11-9-12-1-4-7(13-9)14(10(19)20-4)8-6(17)5(16)3(2-15)18-8/h1,3,5-6,8,15-17H,2H2,(H2,11,12,13)/t3-,5+,6-,8-/m1/s1. The van der Waals surface area contributed by atoms with Gasteiger partial charge in [0.25, 0.3) is 0 Å². The minimum absolute atomic E-state index is 0.0748. The van der Waals surface area contributed by atoms with E-state index in [0.29, 0.717) is 14.3 Å². The Bertz CT molecular complexity index is 702. The van der Waals surface area contributed by atoms with Crippen molar-refractivity contribution in [1.29, 1.82) is 0 Å². The highest BCUT2D eigenvalue weighted by Crippen LogP contribution is 2.34. The van der Waals surface area contributed by atoms with Crippen LogP contribution in [0, 0.1) is 3.95 Å². The summed E-state index contributed by atoms with van der Waals surface area (Å²) in [6.45, 7) is -0.402. The Balaban J connectivity index is 2.13. The normalized spacial score (nSPS) is 30.1. The largest absolute Gasteiger partial charge is 0.394 e. The van der Waals surface area contributed by atoms with Gasteiger partial charge in [-0.3, -0.25) is 4.57 Å². The van der Waals surface area contributed by atoms with E-state index in [1.54, 1.807) is 0 Å². The Hall–Kier alpha value is -1.17. The van der Waals surface area contributed by atoms with Crippen LogP contribution in [-0.2, 0) is 4.74 Å². The van der Waals surface area contributed by atoms with Crippen molar-refractivity contribution in [2.75, 3.05) is 12.3 Å². The molecule has 3 rings (SSSR count). The molecule has 1 aliphatic rings. The molecule has 0 saturated carbocycles. The average Bonchev–Trinajstić information content (AvgIpc) is 2.88. The van der Waals surface area contributed by atoms with Gasteiger partial charge in [-0.1, -0.05) is 0 Å². The summed E-state index contributed by atoms with van der Waals surface area (Å²) in [5.74, 6) is 0.0748. The van der Waals surface area contributed by atoms with Crippen LogP contribution in [0.1, 0.15) is 6.23 Å². The van der Waals surface area contributed by atoms with Gasteiger partial charge < -0.3 is 25.8 Å². The molecule has 2 aromatic rings. The van der Waals surface area contributed by atoms with Gasteiger partial charge in [0.2, 0.25) is 5.95 Å². The molecule has 8 nitrogen and oxygen atoms in total. The molecule has 0 aromatic carbocycles. The van der Waals surface area contributed by atoms with E-state index in [2.05, 4.69) is 9.97 Å². The molecule has 108 valence electrons. The van der Waals surface area contributed by atoms with E-state index in [1.165, 1.54) is 22.1 Å². The van der Waals surface area contributed by atoms with Gasteiger partial charge in [-0.05, 0) is 12.2 Å². The van der Waals surface area contributed by atoms with Crippen molar-refractivity contribution in [2.45, 2.75) is 24.5 Å². The lowest BCUT2D eigenvalue weighted by Gasteiger charge is -2.16. The molecule has 0 radical (unpaired) electrons. The van der Waals surface area contributed by atoms with Gasteiger partial charge in [-0.15, -0.1) is 11.3 Å². The number of ether oxygens (including phenoxy) is 1. The van der Waals surface area contributed by atoms with Crippen molar-refractivity contribution in [3.8, 4) is 0 Å². The van der Waals surface area contributed by atoms with Gasteiger partial charge >= 0.3 is 0 Å². The first-order valence-corrected chi connectivity index (χ1v) is 7.01. The lowest BCUT2D eigenvalue weighted by molar-refractivity contribution is -0.0511. The monoisotopic (exact) mass is 316 g/mol. The molecular weight excluding hydrogens is 304 g/mol. The number of nitrogen functional groups attached to an aromatic ring is 1. The smallest absolute Gasteiger partial charge is 0.222 e. The molecule has 0 spiro atoms. The number of aliphatic hydroxyl groups is 3. The molecule has 20 heavy (non-hydrogen) atoms. The van der Waals surface area contributed by atoms with Crippen molar-refractivity contribution in [3.63, 3.8) is 0 Å². The number of rotatable bonds is 2. The molecule has 5 N–H and O–H groups in total. The average molecular weight is 316 g/mol. The van der Waals surface area contributed by atoms with E-state index in [4.69, 9.17) is 27.8 Å². The highest BCUT2D eigenvalue weighted by molar-refractivity contribution is 7.73. The molecule has 1 fully saturated rings. The first kappa shape index (κ1) is 13.8. The number of aromatic nitrogens is 3. The van der Waals surface area contributed by atoms with Gasteiger partial charge in [-0.2, -0.15) is 4.98 Å². The molecular formula is C10H12N4O4S2. The molecule has 0 unspecified atom stereocenters. The summed E-state index contributed by atoms with van der Waals surface area (Å²) >= 11 is 6.49. The maximum Gasteiger partial charge on any atom is 0.222 e. The van der Waals surface area contributed by atoms with Crippen LogP contribution in [-0.4, -0.2) is 54.8 Å². The fourth-order valence-electron chi connectivity index (χ4n) is 2.17. The van der Waals surface area contributed by atoms with Crippen LogP contribution in [0.4, 0.5) is 5.95 Å². The van der Waals surface area contributed by atoms with E-state index in [9.17, 15) is 10.2 Å². The molecule has 2 aromatic heterocycles. The zero-order valence-corrected chi connectivity index (χ0v) is 11.7. The van der Waals surface area contributed by atoms with Crippen LogP contribution in [0.3, 0.4) is 0 Å². The molecule has 0 amide bonds. The SMILES string of the molecule is Nc1ncc2sc(=S)n([C@@H]3O[C@H](CO)[C@H](O)[C@H]3O)c2n1. The van der Waals surface area contributed by atoms with Gasteiger partial charge in [0.05, 0.1) is 17.5 Å². The molecule has 0 bridgehead atoms. The van der Waals surface area contributed by atoms with E-state index in [1.807, 2.05) is 0 Å². The predicted molar refractivity (Wildman–Crippen MR) is 73.7 cm³/mol. The highest BCUT2D eigenvalue weighted by atomic mass is 32.1. The van der Waals surface area contributed by atoms with Crippen LogP contribution >= 0.6 is 23.6 Å². The summed E-state index contributed by atoms with van der Waals surface area (Å²) in [5.41, 5.74) is 5.99. The second-order valence-corrected chi connectivity index (χ2v) is 6.06. The van der Waals surface area contributed by atoms with Crippen LogP contribution in [0.15, 0.2) is 6.20 Å². The fraction of sp³-hybridized carbons (Fsp3) is 0.500. The minimum Gasteiger partial charge on any atom is -0.394 e. The number of nitrogens with two attached hydrogens (primary N) is 1. The van der Waals surface area contributed by atoms with Crippen molar-refractivity contribution in [3.05, 3.63) is 10.2 Å². The van der Waals surface area contributed by atoms with Crippen LogP contribution in [0.2, 0.25) is 0 Å². The Morgan fingerprint density at radius 1 is 1.45 bits per heavy atom. The topological polar surface area (TPSA) is 127 Å². The maximum atomic E-state index is 10.1. The quantitative estimate of drug-likeness (QED) is 0.542. The molecule has 4 atom stereocenters. The lowest BCUT2D eigenvalue weighted by Crippen LogP contribution is -2.33. The van der Waals surface area contributed by atoms with E-state index in [0.717, 1.165) is 0 Å². The summed E-state index contributed by atoms with van der Waals surface area (Å²) in [6, 6.07) is 0. The first-order valence-electron chi connectivity index (χ1n) is 5.79. The van der Waals surface area contributed by atoms with Gasteiger partial charge in [-0.25, -0.2) is 4.98 Å². The third-order valence-electron chi connectivity index (χ3n) is 3.15. The van der Waals surface area contributed by atoms with E-state index < -0.39 is 31.1 Å². The van der Waals surface area contributed by atoms with Crippen molar-refractivity contribution < 1.29 is 20.1 Å². The zero-order valence-electron chi connectivity index (χ0n) is 10.1. The number of thiazole rings is 1. The fourth-order valence-corrected chi connectivity index (χ4v) is 3.44.